The molecule has 0 aliphatic carbocycles. The van der Waals surface area contributed by atoms with Gasteiger partial charge in [0.1, 0.15) is 12.4 Å². The lowest BCUT2D eigenvalue weighted by Gasteiger charge is -2.24. The molecule has 0 aliphatic rings. The van der Waals surface area contributed by atoms with Crippen LogP contribution in [0.15, 0.2) is 71.6 Å². The Morgan fingerprint density at radius 2 is 1.50 bits per heavy atom. The van der Waals surface area contributed by atoms with Gasteiger partial charge in [-0.25, -0.2) is 12.8 Å². The highest BCUT2D eigenvalue weighted by Crippen LogP contribution is 2.38. The molecule has 3 aromatic rings. The molecule has 1 amide bonds. The van der Waals surface area contributed by atoms with Crippen LogP contribution in [0.5, 0.6) is 17.2 Å². The quantitative estimate of drug-likeness (QED) is 0.470. The number of nitrogens with one attached hydrogen (secondary N) is 1. The van der Waals surface area contributed by atoms with Crippen molar-refractivity contribution in [3.63, 3.8) is 0 Å². The lowest BCUT2D eigenvalue weighted by molar-refractivity contribution is -0.119. The number of hydrogen-bond acceptors (Lipinski definition) is 6. The second-order valence-electron chi connectivity index (χ2n) is 7.09. The van der Waals surface area contributed by atoms with Gasteiger partial charge in [-0.1, -0.05) is 30.3 Å². The summed E-state index contributed by atoms with van der Waals surface area (Å²) in [6.07, 6.45) is 0. The molecule has 0 saturated carbocycles. The first-order valence-electron chi connectivity index (χ1n) is 10.2. The van der Waals surface area contributed by atoms with E-state index in [2.05, 4.69) is 5.32 Å². The summed E-state index contributed by atoms with van der Waals surface area (Å²) >= 11 is 0. The van der Waals surface area contributed by atoms with Crippen molar-refractivity contribution >= 4 is 21.6 Å². The minimum absolute atomic E-state index is 0.0477. The number of anilines is 1. The van der Waals surface area contributed by atoms with Crippen molar-refractivity contribution in [3.8, 4) is 17.2 Å². The molecule has 0 fully saturated rings. The molecule has 0 saturated heterocycles. The summed E-state index contributed by atoms with van der Waals surface area (Å²) in [4.78, 5) is 12.7. The maximum Gasteiger partial charge on any atom is 0.264 e. The molecule has 34 heavy (non-hydrogen) atoms. The van der Waals surface area contributed by atoms with Crippen LogP contribution in [0, 0.1) is 5.82 Å². The first-order valence-corrected chi connectivity index (χ1v) is 11.6. The van der Waals surface area contributed by atoms with E-state index in [9.17, 15) is 17.6 Å². The summed E-state index contributed by atoms with van der Waals surface area (Å²) in [6, 6.07) is 16.3. The molecule has 1 N–H and O–H groups in total. The Morgan fingerprint density at radius 3 is 2.06 bits per heavy atom. The Kier molecular flexibility index (Phi) is 7.95. The molecule has 0 atom stereocenters. The average Bonchev–Trinajstić information content (AvgIpc) is 2.86. The minimum Gasteiger partial charge on any atom is -0.493 e. The zero-order valence-corrected chi connectivity index (χ0v) is 19.8. The predicted octanol–water partition coefficient (Wildman–Crippen LogP) is 3.36. The number of hydrogen-bond donors (Lipinski definition) is 1. The number of ether oxygens (including phenoxy) is 3. The van der Waals surface area contributed by atoms with Crippen LogP contribution in [0.2, 0.25) is 0 Å². The van der Waals surface area contributed by atoms with Crippen LogP contribution < -0.4 is 23.8 Å². The third kappa shape index (κ3) is 5.40. The van der Waals surface area contributed by atoms with Crippen LogP contribution in [-0.2, 0) is 21.4 Å². The molecule has 0 aliphatic heterocycles. The number of carbonyl (C=O) groups is 1. The third-order valence-electron chi connectivity index (χ3n) is 4.95. The van der Waals surface area contributed by atoms with Crippen molar-refractivity contribution in [2.24, 2.45) is 0 Å². The van der Waals surface area contributed by atoms with Crippen molar-refractivity contribution < 1.29 is 31.8 Å². The fourth-order valence-corrected chi connectivity index (χ4v) is 4.75. The summed E-state index contributed by atoms with van der Waals surface area (Å²) in [7, 11) is 0.215. The summed E-state index contributed by atoms with van der Waals surface area (Å²) in [5.41, 5.74) is 0.403. The summed E-state index contributed by atoms with van der Waals surface area (Å²) < 4.78 is 57.7. The highest BCUT2D eigenvalue weighted by molar-refractivity contribution is 7.92. The molecular formula is C24H25FN2O6S. The SMILES string of the molecule is COc1cc(CNC(=O)CN(c2ccccc2F)S(=O)(=O)c2ccccc2)cc(OC)c1OC. The van der Waals surface area contributed by atoms with Crippen molar-refractivity contribution in [1.82, 2.24) is 5.32 Å². The number of methoxy groups -OCH3 is 3. The Balaban J connectivity index is 1.86. The van der Waals surface area contributed by atoms with Crippen molar-refractivity contribution in [1.29, 1.82) is 0 Å². The standard InChI is InChI=1S/C24H25FN2O6S/c1-31-21-13-17(14-22(32-2)24(21)33-3)15-26-23(28)16-27(20-12-8-7-11-19(20)25)34(29,30)18-9-5-4-6-10-18/h4-14H,15-16H2,1-3H3,(H,26,28). The van der Waals surface area contributed by atoms with E-state index < -0.39 is 28.3 Å². The van der Waals surface area contributed by atoms with Crippen LogP contribution in [0.4, 0.5) is 10.1 Å². The number of sulfonamides is 1. The van der Waals surface area contributed by atoms with E-state index in [1.807, 2.05) is 0 Å². The minimum atomic E-state index is -4.21. The van der Waals surface area contributed by atoms with Crippen molar-refractivity contribution in [2.45, 2.75) is 11.4 Å². The lowest BCUT2D eigenvalue weighted by Crippen LogP contribution is -2.41. The number of para-hydroxylation sites is 1. The Hall–Kier alpha value is -3.79. The predicted molar refractivity (Wildman–Crippen MR) is 125 cm³/mol. The van der Waals surface area contributed by atoms with Gasteiger partial charge in [0.2, 0.25) is 11.7 Å². The van der Waals surface area contributed by atoms with Crippen LogP contribution in [0.25, 0.3) is 0 Å². The van der Waals surface area contributed by atoms with Crippen LogP contribution >= 0.6 is 0 Å². The van der Waals surface area contributed by atoms with Gasteiger partial charge in [0.05, 0.1) is 31.9 Å². The van der Waals surface area contributed by atoms with Gasteiger partial charge in [-0.15, -0.1) is 0 Å². The fourth-order valence-electron chi connectivity index (χ4n) is 3.30. The second kappa shape index (κ2) is 10.9. The number of benzene rings is 3. The monoisotopic (exact) mass is 488 g/mol. The van der Waals surface area contributed by atoms with Gasteiger partial charge in [-0.05, 0) is 42.0 Å². The molecule has 3 rings (SSSR count). The fraction of sp³-hybridized carbons (Fsp3) is 0.208. The molecule has 0 spiro atoms. The van der Waals surface area contributed by atoms with Crippen LogP contribution in [0.3, 0.4) is 0 Å². The molecule has 10 heteroatoms. The smallest absolute Gasteiger partial charge is 0.264 e. The van der Waals surface area contributed by atoms with Gasteiger partial charge < -0.3 is 19.5 Å². The van der Waals surface area contributed by atoms with Gasteiger partial charge in [-0.3, -0.25) is 9.10 Å². The lowest BCUT2D eigenvalue weighted by atomic mass is 10.1. The molecule has 8 nitrogen and oxygen atoms in total. The summed E-state index contributed by atoms with van der Waals surface area (Å²) in [6.45, 7) is -0.575. The largest absolute Gasteiger partial charge is 0.493 e. The van der Waals surface area contributed by atoms with Gasteiger partial charge in [0, 0.05) is 6.54 Å². The van der Waals surface area contributed by atoms with E-state index in [0.717, 1.165) is 10.4 Å². The van der Waals surface area contributed by atoms with E-state index >= 15 is 0 Å². The number of rotatable bonds is 10. The highest BCUT2D eigenvalue weighted by atomic mass is 32.2. The molecular weight excluding hydrogens is 463 g/mol. The molecule has 0 radical (unpaired) electrons. The van der Waals surface area contributed by atoms with E-state index in [-0.39, 0.29) is 17.1 Å². The molecule has 180 valence electrons. The van der Waals surface area contributed by atoms with E-state index in [1.54, 1.807) is 30.3 Å². The van der Waals surface area contributed by atoms with Crippen LogP contribution in [-0.4, -0.2) is 42.2 Å². The molecule has 0 bridgehead atoms. The second-order valence-corrected chi connectivity index (χ2v) is 8.95. The van der Waals surface area contributed by atoms with Gasteiger partial charge >= 0.3 is 0 Å². The zero-order chi connectivity index (χ0) is 24.7. The highest BCUT2D eigenvalue weighted by Gasteiger charge is 2.29. The first-order chi connectivity index (χ1) is 16.3. The van der Waals surface area contributed by atoms with E-state index in [0.29, 0.717) is 22.8 Å². The Morgan fingerprint density at radius 1 is 0.912 bits per heavy atom. The topological polar surface area (TPSA) is 94.2 Å². The average molecular weight is 489 g/mol. The summed E-state index contributed by atoms with van der Waals surface area (Å²) in [5.74, 6) is -0.174. The maximum absolute atomic E-state index is 14.5. The normalized spacial score (nSPS) is 10.9. The number of amides is 1. The molecule has 0 unspecified atom stereocenters. The number of halogens is 1. The van der Waals surface area contributed by atoms with Gasteiger partial charge in [-0.2, -0.15) is 0 Å². The Labute approximate surface area is 197 Å². The van der Waals surface area contributed by atoms with E-state index in [4.69, 9.17) is 14.2 Å². The number of carbonyl (C=O) groups excluding carboxylic acids is 1. The van der Waals surface area contributed by atoms with Gasteiger partial charge in [0.25, 0.3) is 10.0 Å². The third-order valence-corrected chi connectivity index (χ3v) is 6.73. The Bertz CT molecular complexity index is 1230. The molecule has 3 aromatic carbocycles. The maximum atomic E-state index is 14.5. The first kappa shape index (κ1) is 24.8. The van der Waals surface area contributed by atoms with Gasteiger partial charge in [0.15, 0.2) is 11.5 Å². The van der Waals surface area contributed by atoms with Crippen molar-refractivity contribution in [2.75, 3.05) is 32.2 Å². The molecule has 0 aromatic heterocycles. The van der Waals surface area contributed by atoms with Crippen molar-refractivity contribution in [3.05, 3.63) is 78.1 Å². The van der Waals surface area contributed by atoms with Crippen LogP contribution in [0.1, 0.15) is 5.56 Å². The van der Waals surface area contributed by atoms with E-state index in [1.165, 1.54) is 51.7 Å². The zero-order valence-electron chi connectivity index (χ0n) is 18.9. The summed E-state index contributed by atoms with van der Waals surface area (Å²) in [5, 5.41) is 2.66. The molecule has 0 heterocycles. The number of nitrogens with zero attached hydrogens (tertiary/aromatic N) is 1.